The minimum Gasteiger partial charge on any atom is -0.493 e. The molecule has 1 heterocycles. The Morgan fingerprint density at radius 2 is 1.74 bits per heavy atom. The predicted molar refractivity (Wildman–Crippen MR) is 130 cm³/mol. The Labute approximate surface area is 206 Å². The topological polar surface area (TPSA) is 111 Å². The van der Waals surface area contributed by atoms with Gasteiger partial charge in [0, 0.05) is 17.6 Å². The molecule has 0 unspecified atom stereocenters. The van der Waals surface area contributed by atoms with E-state index in [0.29, 0.717) is 22.9 Å². The first-order valence-electron chi connectivity index (χ1n) is 12.6. The van der Waals surface area contributed by atoms with Crippen molar-refractivity contribution in [1.82, 2.24) is 30.4 Å². The number of nitrogens with zero attached hydrogens (tertiary/aromatic N) is 5. The highest BCUT2D eigenvalue weighted by Crippen LogP contribution is 2.31. The molecule has 2 amide bonds. The molecule has 1 atom stereocenters. The minimum atomic E-state index is -0.542. The van der Waals surface area contributed by atoms with Crippen molar-refractivity contribution in [2.24, 2.45) is 0 Å². The predicted octanol–water partition coefficient (Wildman–Crippen LogP) is 2.97. The maximum absolute atomic E-state index is 13.5. The summed E-state index contributed by atoms with van der Waals surface area (Å²) in [6.07, 6.45) is 9.43. The van der Waals surface area contributed by atoms with Crippen LogP contribution in [0.3, 0.4) is 0 Å². The van der Waals surface area contributed by atoms with E-state index in [2.05, 4.69) is 20.7 Å². The van der Waals surface area contributed by atoms with Crippen LogP contribution in [0.4, 0.5) is 0 Å². The van der Waals surface area contributed by atoms with Gasteiger partial charge in [0.2, 0.25) is 17.6 Å². The van der Waals surface area contributed by atoms with E-state index in [1.54, 1.807) is 31.3 Å². The summed E-state index contributed by atoms with van der Waals surface area (Å²) in [5, 5.41) is 15.8. The van der Waals surface area contributed by atoms with Gasteiger partial charge < -0.3 is 19.7 Å². The summed E-state index contributed by atoms with van der Waals surface area (Å²) in [5.41, 5.74) is 0.704. The van der Waals surface area contributed by atoms with Gasteiger partial charge in [-0.1, -0.05) is 32.1 Å². The van der Waals surface area contributed by atoms with Crippen molar-refractivity contribution < 1.29 is 19.1 Å². The molecule has 1 aromatic heterocycles. The summed E-state index contributed by atoms with van der Waals surface area (Å²) < 4.78 is 10.6. The number of ether oxygens (including phenoxy) is 2. The molecule has 0 aliphatic heterocycles. The van der Waals surface area contributed by atoms with Crippen LogP contribution in [-0.2, 0) is 16.1 Å². The number of aromatic nitrogens is 4. The van der Waals surface area contributed by atoms with Gasteiger partial charge in [-0.25, -0.2) is 0 Å². The third kappa shape index (κ3) is 5.91. The van der Waals surface area contributed by atoms with Gasteiger partial charge in [0.25, 0.3) is 0 Å². The second kappa shape index (κ2) is 11.5. The SMILES string of the molecule is COc1ccc(-c2nnn(CC(=O)N(C3CCCCC3)[C@H](C)C(=O)NC3CCCC3)n2)cc1OC. The van der Waals surface area contributed by atoms with Crippen molar-refractivity contribution in [3.63, 3.8) is 0 Å². The summed E-state index contributed by atoms with van der Waals surface area (Å²) in [4.78, 5) is 29.6. The molecule has 10 heteroatoms. The molecule has 0 saturated heterocycles. The number of hydrogen-bond donors (Lipinski definition) is 1. The van der Waals surface area contributed by atoms with Crippen molar-refractivity contribution in [2.75, 3.05) is 14.2 Å². The van der Waals surface area contributed by atoms with Crippen LogP contribution >= 0.6 is 0 Å². The minimum absolute atomic E-state index is 0.0504. The van der Waals surface area contributed by atoms with E-state index in [1.165, 1.54) is 11.2 Å². The lowest BCUT2D eigenvalue weighted by atomic mass is 9.93. The van der Waals surface area contributed by atoms with E-state index in [9.17, 15) is 9.59 Å². The second-order valence-electron chi connectivity index (χ2n) is 9.47. The van der Waals surface area contributed by atoms with E-state index < -0.39 is 6.04 Å². The maximum Gasteiger partial charge on any atom is 0.247 e. The fraction of sp³-hybridized carbons (Fsp3) is 0.640. The molecule has 2 fully saturated rings. The lowest BCUT2D eigenvalue weighted by Gasteiger charge is -2.38. The van der Waals surface area contributed by atoms with Gasteiger partial charge >= 0.3 is 0 Å². The second-order valence-corrected chi connectivity index (χ2v) is 9.47. The molecule has 2 aliphatic rings. The summed E-state index contributed by atoms with van der Waals surface area (Å²) in [7, 11) is 3.14. The normalized spacial score (nSPS) is 17.7. The molecule has 1 aromatic carbocycles. The Kier molecular flexibility index (Phi) is 8.20. The van der Waals surface area contributed by atoms with Crippen molar-refractivity contribution >= 4 is 11.8 Å². The summed E-state index contributed by atoms with van der Waals surface area (Å²) in [6.45, 7) is 1.76. The van der Waals surface area contributed by atoms with Crippen LogP contribution in [-0.4, -0.2) is 69.3 Å². The number of carbonyl (C=O) groups excluding carboxylic acids is 2. The van der Waals surface area contributed by atoms with Crippen molar-refractivity contribution in [1.29, 1.82) is 0 Å². The zero-order chi connectivity index (χ0) is 24.8. The molecule has 0 radical (unpaired) electrons. The largest absolute Gasteiger partial charge is 0.493 e. The highest BCUT2D eigenvalue weighted by Gasteiger charge is 2.34. The molecule has 2 aromatic rings. The van der Waals surface area contributed by atoms with Gasteiger partial charge in [-0.15, -0.1) is 10.2 Å². The van der Waals surface area contributed by atoms with Gasteiger partial charge in [0.15, 0.2) is 11.5 Å². The smallest absolute Gasteiger partial charge is 0.247 e. The van der Waals surface area contributed by atoms with Gasteiger partial charge in [0.05, 0.1) is 14.2 Å². The third-order valence-electron chi connectivity index (χ3n) is 7.13. The number of tetrazole rings is 1. The highest BCUT2D eigenvalue weighted by atomic mass is 16.5. The molecule has 2 aliphatic carbocycles. The van der Waals surface area contributed by atoms with Crippen molar-refractivity contribution in [2.45, 2.75) is 89.4 Å². The third-order valence-corrected chi connectivity index (χ3v) is 7.13. The number of methoxy groups -OCH3 is 2. The lowest BCUT2D eigenvalue weighted by molar-refractivity contribution is -0.144. The van der Waals surface area contributed by atoms with Gasteiger partial charge in [-0.05, 0) is 56.0 Å². The van der Waals surface area contributed by atoms with Crippen molar-refractivity contribution in [3.05, 3.63) is 18.2 Å². The molecule has 0 spiro atoms. The van der Waals surface area contributed by atoms with Crippen LogP contribution in [0.2, 0.25) is 0 Å². The Balaban J connectivity index is 1.48. The Morgan fingerprint density at radius 1 is 1.06 bits per heavy atom. The van der Waals surface area contributed by atoms with E-state index >= 15 is 0 Å². The first-order valence-corrected chi connectivity index (χ1v) is 12.6. The van der Waals surface area contributed by atoms with Crippen LogP contribution in [0.15, 0.2) is 18.2 Å². The van der Waals surface area contributed by atoms with Crippen LogP contribution in [0.1, 0.15) is 64.7 Å². The highest BCUT2D eigenvalue weighted by molar-refractivity contribution is 5.87. The summed E-state index contributed by atoms with van der Waals surface area (Å²) in [6, 6.07) is 5.08. The van der Waals surface area contributed by atoms with E-state index in [0.717, 1.165) is 51.4 Å². The Morgan fingerprint density at radius 3 is 2.43 bits per heavy atom. The van der Waals surface area contributed by atoms with Crippen molar-refractivity contribution in [3.8, 4) is 22.9 Å². The lowest BCUT2D eigenvalue weighted by Crippen LogP contribution is -2.55. The maximum atomic E-state index is 13.5. The molecular weight excluding hydrogens is 448 g/mol. The van der Waals surface area contributed by atoms with Crippen LogP contribution < -0.4 is 14.8 Å². The van der Waals surface area contributed by atoms with Gasteiger partial charge in [0.1, 0.15) is 12.6 Å². The number of benzene rings is 1. The van der Waals surface area contributed by atoms with Gasteiger partial charge in [-0.2, -0.15) is 4.80 Å². The summed E-state index contributed by atoms with van der Waals surface area (Å²) in [5.74, 6) is 1.31. The van der Waals surface area contributed by atoms with Gasteiger partial charge in [-0.3, -0.25) is 9.59 Å². The van der Waals surface area contributed by atoms with E-state index in [-0.39, 0.29) is 30.4 Å². The van der Waals surface area contributed by atoms with E-state index in [4.69, 9.17) is 9.47 Å². The molecule has 0 bridgehead atoms. The monoisotopic (exact) mass is 484 g/mol. The Hall–Kier alpha value is -3.17. The number of amides is 2. The number of carbonyl (C=O) groups is 2. The quantitative estimate of drug-likeness (QED) is 0.582. The Bertz CT molecular complexity index is 1010. The molecule has 10 nitrogen and oxygen atoms in total. The first-order chi connectivity index (χ1) is 17.0. The van der Waals surface area contributed by atoms with E-state index in [1.807, 2.05) is 13.0 Å². The number of rotatable bonds is 9. The standard InChI is InChI=1S/C25H36N6O4/c1-17(25(33)26-19-9-7-8-10-19)31(20-11-5-4-6-12-20)23(32)16-30-28-24(27-29-30)18-13-14-21(34-2)22(15-18)35-3/h13-15,17,19-20H,4-12,16H2,1-3H3,(H,26,33)/t17-/m1/s1. The molecule has 4 rings (SSSR count). The molecule has 190 valence electrons. The molecule has 35 heavy (non-hydrogen) atoms. The molecule has 1 N–H and O–H groups in total. The molecule has 2 saturated carbocycles. The number of hydrogen-bond acceptors (Lipinski definition) is 7. The fourth-order valence-corrected chi connectivity index (χ4v) is 5.22. The van der Waals surface area contributed by atoms with Crippen LogP contribution in [0.25, 0.3) is 11.4 Å². The number of nitrogens with one attached hydrogen (secondary N) is 1. The average Bonchev–Trinajstić information content (AvgIpc) is 3.56. The average molecular weight is 485 g/mol. The fourth-order valence-electron chi connectivity index (χ4n) is 5.22. The van der Waals surface area contributed by atoms with Crippen LogP contribution in [0, 0.1) is 0 Å². The summed E-state index contributed by atoms with van der Waals surface area (Å²) >= 11 is 0. The van der Waals surface area contributed by atoms with Crippen LogP contribution in [0.5, 0.6) is 11.5 Å². The zero-order valence-corrected chi connectivity index (χ0v) is 20.9. The zero-order valence-electron chi connectivity index (χ0n) is 20.9. The molecular formula is C25H36N6O4. The first kappa shape index (κ1) is 24.9.